The van der Waals surface area contributed by atoms with Gasteiger partial charge in [0.25, 0.3) is 5.91 Å². The second-order valence-electron chi connectivity index (χ2n) is 4.85. The van der Waals surface area contributed by atoms with E-state index >= 15 is 0 Å². The van der Waals surface area contributed by atoms with Crippen LogP contribution in [0.1, 0.15) is 20.9 Å². The van der Waals surface area contributed by atoms with Gasteiger partial charge in [0.2, 0.25) is 0 Å². The van der Waals surface area contributed by atoms with Crippen molar-refractivity contribution in [2.45, 2.75) is 13.8 Å². The lowest BCUT2D eigenvalue weighted by Gasteiger charge is -2.06. The molecule has 0 aliphatic carbocycles. The van der Waals surface area contributed by atoms with E-state index in [2.05, 4.69) is 10.3 Å². The molecule has 3 aromatic rings. The highest BCUT2D eigenvalue weighted by Gasteiger charge is 2.12. The number of anilines is 1. The molecule has 0 saturated carbocycles. The molecule has 0 atom stereocenters. The number of rotatable bonds is 2. The van der Waals surface area contributed by atoms with Gasteiger partial charge in [0.15, 0.2) is 0 Å². The quantitative estimate of drug-likeness (QED) is 0.766. The van der Waals surface area contributed by atoms with Crippen molar-refractivity contribution in [3.05, 3.63) is 58.3 Å². The van der Waals surface area contributed by atoms with Gasteiger partial charge in [-0.3, -0.25) is 4.79 Å². The lowest BCUT2D eigenvalue weighted by atomic mass is 10.1. The minimum absolute atomic E-state index is 0.0428. The van der Waals surface area contributed by atoms with Crippen molar-refractivity contribution in [1.82, 2.24) is 4.98 Å². The summed E-state index contributed by atoms with van der Waals surface area (Å²) < 4.78 is 14.8. The number of hydrogen-bond acceptors (Lipinski definition) is 3. The van der Waals surface area contributed by atoms with Gasteiger partial charge in [0.05, 0.1) is 20.8 Å². The van der Waals surface area contributed by atoms with E-state index in [1.807, 2.05) is 19.1 Å². The molecule has 1 heterocycles. The number of benzene rings is 2. The molecule has 2 aromatic carbocycles. The third-order valence-electron chi connectivity index (χ3n) is 3.12. The Morgan fingerprint density at radius 2 is 2.00 bits per heavy atom. The molecule has 21 heavy (non-hydrogen) atoms. The van der Waals surface area contributed by atoms with E-state index in [1.54, 1.807) is 30.4 Å². The molecule has 1 N–H and O–H groups in total. The molecule has 3 nitrogen and oxygen atoms in total. The lowest BCUT2D eigenvalue weighted by molar-refractivity contribution is 0.102. The molecule has 0 aliphatic rings. The third kappa shape index (κ3) is 2.78. The SMILES string of the molecule is Cc1ccc(C(=O)Nc2ccc3nc(C)sc3c2)c(F)c1. The Bertz CT molecular complexity index is 841. The fraction of sp³-hybridized carbons (Fsp3) is 0.125. The Hall–Kier alpha value is -2.27. The standard InChI is InChI=1S/C16H13FN2OS/c1-9-3-5-12(13(17)7-9)16(20)19-11-4-6-14-15(8-11)21-10(2)18-14/h3-8H,1-2H3,(H,19,20). The third-order valence-corrected chi connectivity index (χ3v) is 4.06. The zero-order valence-corrected chi connectivity index (χ0v) is 12.4. The first-order valence-electron chi connectivity index (χ1n) is 6.47. The van der Waals surface area contributed by atoms with E-state index < -0.39 is 11.7 Å². The molecular formula is C16H13FN2OS. The molecule has 0 spiro atoms. The minimum atomic E-state index is -0.512. The van der Waals surface area contributed by atoms with Crippen LogP contribution in [0.2, 0.25) is 0 Å². The number of carbonyl (C=O) groups is 1. The first-order valence-corrected chi connectivity index (χ1v) is 7.29. The summed E-state index contributed by atoms with van der Waals surface area (Å²) >= 11 is 1.56. The highest BCUT2D eigenvalue weighted by Crippen LogP contribution is 2.25. The van der Waals surface area contributed by atoms with Crippen LogP contribution in [0, 0.1) is 19.7 Å². The van der Waals surface area contributed by atoms with Crippen LogP contribution in [-0.2, 0) is 0 Å². The van der Waals surface area contributed by atoms with E-state index in [9.17, 15) is 9.18 Å². The van der Waals surface area contributed by atoms with Gasteiger partial charge in [-0.15, -0.1) is 11.3 Å². The predicted molar refractivity (Wildman–Crippen MR) is 83.4 cm³/mol. The average Bonchev–Trinajstić information content (AvgIpc) is 2.77. The Balaban J connectivity index is 1.88. The maximum absolute atomic E-state index is 13.8. The molecule has 0 unspecified atom stereocenters. The lowest BCUT2D eigenvalue weighted by Crippen LogP contribution is -2.13. The normalized spacial score (nSPS) is 10.8. The number of nitrogens with one attached hydrogen (secondary N) is 1. The van der Waals surface area contributed by atoms with Crippen molar-refractivity contribution < 1.29 is 9.18 Å². The second kappa shape index (κ2) is 5.26. The maximum atomic E-state index is 13.8. The Morgan fingerprint density at radius 1 is 1.19 bits per heavy atom. The summed E-state index contributed by atoms with van der Waals surface area (Å²) in [4.78, 5) is 16.5. The summed E-state index contributed by atoms with van der Waals surface area (Å²) in [5, 5.41) is 3.69. The van der Waals surface area contributed by atoms with Crippen molar-refractivity contribution in [1.29, 1.82) is 0 Å². The molecule has 1 amide bonds. The molecule has 0 aliphatic heterocycles. The Labute approximate surface area is 125 Å². The highest BCUT2D eigenvalue weighted by atomic mass is 32.1. The van der Waals surface area contributed by atoms with Gasteiger partial charge in [0.1, 0.15) is 5.82 Å². The molecular weight excluding hydrogens is 287 g/mol. The van der Waals surface area contributed by atoms with E-state index in [4.69, 9.17) is 0 Å². The van der Waals surface area contributed by atoms with Gasteiger partial charge in [-0.2, -0.15) is 0 Å². The first kappa shape index (κ1) is 13.7. The van der Waals surface area contributed by atoms with Gasteiger partial charge < -0.3 is 5.32 Å². The molecule has 0 bridgehead atoms. The highest BCUT2D eigenvalue weighted by molar-refractivity contribution is 7.18. The van der Waals surface area contributed by atoms with E-state index in [-0.39, 0.29) is 5.56 Å². The number of nitrogens with zero attached hydrogens (tertiary/aromatic N) is 1. The maximum Gasteiger partial charge on any atom is 0.258 e. The fourth-order valence-corrected chi connectivity index (χ4v) is 2.99. The van der Waals surface area contributed by atoms with Crippen molar-refractivity contribution in [2.24, 2.45) is 0 Å². The van der Waals surface area contributed by atoms with Gasteiger partial charge in [-0.25, -0.2) is 9.37 Å². The summed E-state index contributed by atoms with van der Waals surface area (Å²) in [6.07, 6.45) is 0. The topological polar surface area (TPSA) is 42.0 Å². The molecule has 1 aromatic heterocycles. The smallest absolute Gasteiger partial charge is 0.258 e. The van der Waals surface area contributed by atoms with E-state index in [0.29, 0.717) is 5.69 Å². The molecule has 5 heteroatoms. The van der Waals surface area contributed by atoms with Crippen LogP contribution in [0.15, 0.2) is 36.4 Å². The molecule has 0 fully saturated rings. The summed E-state index contributed by atoms with van der Waals surface area (Å²) in [6.45, 7) is 3.72. The fourth-order valence-electron chi connectivity index (χ4n) is 2.12. The number of hydrogen-bond donors (Lipinski definition) is 1. The zero-order chi connectivity index (χ0) is 15.0. The zero-order valence-electron chi connectivity index (χ0n) is 11.6. The van der Waals surface area contributed by atoms with Gasteiger partial charge in [-0.05, 0) is 49.7 Å². The number of amides is 1. The summed E-state index contributed by atoms with van der Waals surface area (Å²) in [5.41, 5.74) is 2.36. The van der Waals surface area contributed by atoms with Crippen LogP contribution in [0.25, 0.3) is 10.2 Å². The molecule has 0 radical (unpaired) electrons. The number of fused-ring (bicyclic) bond motifs is 1. The largest absolute Gasteiger partial charge is 0.322 e. The van der Waals surface area contributed by atoms with Gasteiger partial charge in [-0.1, -0.05) is 6.07 Å². The van der Waals surface area contributed by atoms with E-state index in [1.165, 1.54) is 12.1 Å². The molecule has 0 saturated heterocycles. The van der Waals surface area contributed by atoms with Crippen molar-refractivity contribution in [3.8, 4) is 0 Å². The first-order chi connectivity index (χ1) is 10.0. The summed E-state index contributed by atoms with van der Waals surface area (Å²) in [7, 11) is 0. The summed E-state index contributed by atoms with van der Waals surface area (Å²) in [5.74, 6) is -0.963. The number of aryl methyl sites for hydroxylation is 2. The van der Waals surface area contributed by atoms with Crippen molar-refractivity contribution in [2.75, 3.05) is 5.32 Å². The van der Waals surface area contributed by atoms with Crippen LogP contribution >= 0.6 is 11.3 Å². The summed E-state index contributed by atoms with van der Waals surface area (Å²) in [6, 6.07) is 10.0. The van der Waals surface area contributed by atoms with Crippen LogP contribution in [-0.4, -0.2) is 10.9 Å². The second-order valence-corrected chi connectivity index (χ2v) is 6.09. The Morgan fingerprint density at radius 3 is 2.76 bits per heavy atom. The number of thiazole rings is 1. The monoisotopic (exact) mass is 300 g/mol. The van der Waals surface area contributed by atoms with Crippen LogP contribution in [0.3, 0.4) is 0 Å². The molecule has 106 valence electrons. The number of carbonyl (C=O) groups excluding carboxylic acids is 1. The molecule has 3 rings (SSSR count). The van der Waals surface area contributed by atoms with Crippen LogP contribution < -0.4 is 5.32 Å². The number of aromatic nitrogens is 1. The van der Waals surface area contributed by atoms with Crippen LogP contribution in [0.5, 0.6) is 0 Å². The minimum Gasteiger partial charge on any atom is -0.322 e. The van der Waals surface area contributed by atoms with Crippen molar-refractivity contribution in [3.63, 3.8) is 0 Å². The van der Waals surface area contributed by atoms with Gasteiger partial charge >= 0.3 is 0 Å². The van der Waals surface area contributed by atoms with Crippen LogP contribution in [0.4, 0.5) is 10.1 Å². The predicted octanol–water partition coefficient (Wildman–Crippen LogP) is 4.30. The average molecular weight is 300 g/mol. The van der Waals surface area contributed by atoms with E-state index in [0.717, 1.165) is 20.8 Å². The number of halogens is 1. The van der Waals surface area contributed by atoms with Crippen molar-refractivity contribution >= 4 is 33.1 Å². The van der Waals surface area contributed by atoms with Gasteiger partial charge in [0, 0.05) is 5.69 Å². The Kier molecular flexibility index (Phi) is 3.43.